The monoisotopic (exact) mass is 362 g/mol. The van der Waals surface area contributed by atoms with Crippen LogP contribution in [-0.4, -0.2) is 37.7 Å². The van der Waals surface area contributed by atoms with Crippen LogP contribution in [0.2, 0.25) is 0 Å². The van der Waals surface area contributed by atoms with Crippen LogP contribution in [0.25, 0.3) is 11.3 Å². The molecule has 0 atom stereocenters. The molecule has 25 heavy (non-hydrogen) atoms. The quantitative estimate of drug-likeness (QED) is 0.762. The van der Waals surface area contributed by atoms with Gasteiger partial charge in [0.25, 0.3) is 5.91 Å². The molecule has 0 spiro atoms. The number of carbonyl (C=O) groups is 2. The van der Waals surface area contributed by atoms with Gasteiger partial charge in [0.15, 0.2) is 11.7 Å². The van der Waals surface area contributed by atoms with Crippen molar-refractivity contribution in [1.29, 1.82) is 0 Å². The summed E-state index contributed by atoms with van der Waals surface area (Å²) in [5.41, 5.74) is 1.47. The normalized spacial score (nSPS) is 13.2. The molecule has 2 aromatic rings. The number of ether oxygens (including phenoxy) is 3. The number of rotatable bonds is 7. The van der Waals surface area contributed by atoms with Gasteiger partial charge in [-0.1, -0.05) is 0 Å². The van der Waals surface area contributed by atoms with Crippen molar-refractivity contribution in [3.05, 3.63) is 23.6 Å². The Morgan fingerprint density at radius 1 is 1.28 bits per heavy atom. The smallest absolute Gasteiger partial charge is 0.309 e. The maximum Gasteiger partial charge on any atom is 0.309 e. The summed E-state index contributed by atoms with van der Waals surface area (Å²) in [7, 11) is 3.16. The Kier molecular flexibility index (Phi) is 5.18. The predicted molar refractivity (Wildman–Crippen MR) is 93.0 cm³/mol. The van der Waals surface area contributed by atoms with Crippen LogP contribution in [0.15, 0.2) is 23.6 Å². The standard InChI is InChI=1S/C17H18N2O5S/c1-22-11-5-6-12(14(7-11)23-2)13-9-25-17(18-13)19-15(20)8-24-16(21)10-3-4-10/h5-7,9-10H,3-4,8H2,1-2H3,(H,18,19,20). The van der Waals surface area contributed by atoms with Gasteiger partial charge in [0, 0.05) is 17.0 Å². The Hall–Kier alpha value is -2.61. The predicted octanol–water partition coefficient (Wildman–Crippen LogP) is 2.72. The number of amides is 1. The highest BCUT2D eigenvalue weighted by molar-refractivity contribution is 7.14. The number of esters is 1. The Labute approximate surface area is 148 Å². The van der Waals surface area contributed by atoms with Gasteiger partial charge in [0.2, 0.25) is 0 Å². The van der Waals surface area contributed by atoms with Crippen LogP contribution < -0.4 is 14.8 Å². The van der Waals surface area contributed by atoms with E-state index < -0.39 is 5.91 Å². The molecule has 0 bridgehead atoms. The Morgan fingerprint density at radius 3 is 2.76 bits per heavy atom. The summed E-state index contributed by atoms with van der Waals surface area (Å²) < 4.78 is 15.5. The number of nitrogens with one attached hydrogen (secondary N) is 1. The maximum atomic E-state index is 11.8. The van der Waals surface area contributed by atoms with Gasteiger partial charge >= 0.3 is 5.97 Å². The Bertz CT molecular complexity index is 785. The minimum atomic E-state index is -0.406. The number of hydrogen-bond acceptors (Lipinski definition) is 7. The summed E-state index contributed by atoms with van der Waals surface area (Å²) in [5, 5.41) is 4.88. The van der Waals surface area contributed by atoms with E-state index in [0.717, 1.165) is 18.4 Å². The lowest BCUT2D eigenvalue weighted by Crippen LogP contribution is -2.21. The van der Waals surface area contributed by atoms with Crippen LogP contribution in [0.3, 0.4) is 0 Å². The fourth-order valence-electron chi connectivity index (χ4n) is 2.19. The second-order valence-corrected chi connectivity index (χ2v) is 6.39. The highest BCUT2D eigenvalue weighted by atomic mass is 32.1. The number of benzene rings is 1. The Balaban J connectivity index is 1.63. The molecule has 1 aromatic carbocycles. The summed E-state index contributed by atoms with van der Waals surface area (Å²) in [5.74, 6) is 0.569. The van der Waals surface area contributed by atoms with Crippen molar-refractivity contribution in [3.63, 3.8) is 0 Å². The van der Waals surface area contributed by atoms with Crippen molar-refractivity contribution in [2.24, 2.45) is 5.92 Å². The molecule has 1 saturated carbocycles. The van der Waals surface area contributed by atoms with Gasteiger partial charge in [-0.15, -0.1) is 11.3 Å². The molecule has 7 nitrogen and oxygen atoms in total. The van der Waals surface area contributed by atoms with Gasteiger partial charge < -0.3 is 14.2 Å². The van der Waals surface area contributed by atoms with E-state index in [9.17, 15) is 9.59 Å². The summed E-state index contributed by atoms with van der Waals surface area (Å²) in [6, 6.07) is 5.42. The van der Waals surface area contributed by atoms with Crippen molar-refractivity contribution in [2.45, 2.75) is 12.8 Å². The van der Waals surface area contributed by atoms with E-state index in [2.05, 4.69) is 10.3 Å². The number of aromatic nitrogens is 1. The number of nitrogens with zero attached hydrogens (tertiary/aromatic N) is 1. The van der Waals surface area contributed by atoms with Gasteiger partial charge in [0.1, 0.15) is 11.5 Å². The highest BCUT2D eigenvalue weighted by Crippen LogP contribution is 2.35. The zero-order valence-corrected chi connectivity index (χ0v) is 14.7. The van der Waals surface area contributed by atoms with Crippen molar-refractivity contribution < 1.29 is 23.8 Å². The van der Waals surface area contributed by atoms with E-state index in [-0.39, 0.29) is 18.5 Å². The summed E-state index contributed by atoms with van der Waals surface area (Å²) in [6.07, 6.45) is 1.69. The third-order valence-electron chi connectivity index (χ3n) is 3.69. The first kappa shape index (κ1) is 17.2. The molecule has 1 amide bonds. The molecule has 1 fully saturated rings. The number of methoxy groups -OCH3 is 2. The largest absolute Gasteiger partial charge is 0.497 e. The fourth-order valence-corrected chi connectivity index (χ4v) is 2.92. The lowest BCUT2D eigenvalue weighted by molar-refractivity contribution is -0.148. The van der Waals surface area contributed by atoms with Gasteiger partial charge in [-0.05, 0) is 25.0 Å². The average molecular weight is 362 g/mol. The van der Waals surface area contributed by atoms with Crippen LogP contribution in [-0.2, 0) is 14.3 Å². The zero-order chi connectivity index (χ0) is 17.8. The van der Waals surface area contributed by atoms with Crippen molar-refractivity contribution >= 4 is 28.3 Å². The number of carbonyl (C=O) groups excluding carboxylic acids is 2. The van der Waals surface area contributed by atoms with E-state index in [4.69, 9.17) is 14.2 Å². The van der Waals surface area contributed by atoms with Gasteiger partial charge in [-0.25, -0.2) is 4.98 Å². The molecule has 1 aliphatic carbocycles. The molecule has 0 saturated heterocycles. The molecule has 8 heteroatoms. The number of anilines is 1. The van der Waals surface area contributed by atoms with E-state index in [0.29, 0.717) is 22.3 Å². The SMILES string of the molecule is COc1ccc(-c2csc(NC(=O)COC(=O)C3CC3)n2)c(OC)c1. The first-order valence-electron chi connectivity index (χ1n) is 7.75. The van der Waals surface area contributed by atoms with Crippen LogP contribution >= 0.6 is 11.3 Å². The van der Waals surface area contributed by atoms with Crippen LogP contribution in [0, 0.1) is 5.92 Å². The summed E-state index contributed by atoms with van der Waals surface area (Å²) in [6.45, 7) is -0.296. The van der Waals surface area contributed by atoms with E-state index in [1.165, 1.54) is 11.3 Å². The first-order chi connectivity index (χ1) is 12.1. The molecule has 1 aromatic heterocycles. The molecule has 0 unspecified atom stereocenters. The summed E-state index contributed by atoms with van der Waals surface area (Å²) in [4.78, 5) is 27.7. The van der Waals surface area contributed by atoms with Crippen LogP contribution in [0.4, 0.5) is 5.13 Å². The minimum absolute atomic E-state index is 0.0261. The molecule has 1 aliphatic rings. The number of hydrogen-bond donors (Lipinski definition) is 1. The second-order valence-electron chi connectivity index (χ2n) is 5.53. The van der Waals surface area contributed by atoms with Crippen molar-refractivity contribution in [3.8, 4) is 22.8 Å². The third-order valence-corrected chi connectivity index (χ3v) is 4.45. The molecule has 132 valence electrons. The molecular weight excluding hydrogens is 344 g/mol. The average Bonchev–Trinajstić information content (AvgIpc) is 3.39. The highest BCUT2D eigenvalue weighted by Gasteiger charge is 2.31. The number of thiazole rings is 1. The molecule has 1 N–H and O–H groups in total. The molecule has 0 radical (unpaired) electrons. The molecular formula is C17H18N2O5S. The minimum Gasteiger partial charge on any atom is -0.497 e. The van der Waals surface area contributed by atoms with E-state index in [1.54, 1.807) is 20.3 Å². The van der Waals surface area contributed by atoms with Gasteiger partial charge in [0.05, 0.1) is 25.8 Å². The second kappa shape index (κ2) is 7.52. The van der Waals surface area contributed by atoms with Crippen molar-refractivity contribution in [2.75, 3.05) is 26.1 Å². The maximum absolute atomic E-state index is 11.8. The zero-order valence-electron chi connectivity index (χ0n) is 13.9. The fraction of sp³-hybridized carbons (Fsp3) is 0.353. The van der Waals surface area contributed by atoms with Crippen LogP contribution in [0.1, 0.15) is 12.8 Å². The van der Waals surface area contributed by atoms with E-state index in [1.807, 2.05) is 17.5 Å². The molecule has 0 aliphatic heterocycles. The topological polar surface area (TPSA) is 86.8 Å². The summed E-state index contributed by atoms with van der Waals surface area (Å²) >= 11 is 1.28. The van der Waals surface area contributed by atoms with Crippen LogP contribution in [0.5, 0.6) is 11.5 Å². The van der Waals surface area contributed by atoms with E-state index >= 15 is 0 Å². The third kappa shape index (κ3) is 4.27. The Morgan fingerprint density at radius 2 is 2.08 bits per heavy atom. The molecule has 1 heterocycles. The van der Waals surface area contributed by atoms with Gasteiger partial charge in [-0.3, -0.25) is 14.9 Å². The van der Waals surface area contributed by atoms with Crippen molar-refractivity contribution in [1.82, 2.24) is 4.98 Å². The lowest BCUT2D eigenvalue weighted by atomic mass is 10.1. The molecule has 3 rings (SSSR count). The first-order valence-corrected chi connectivity index (χ1v) is 8.63. The lowest BCUT2D eigenvalue weighted by Gasteiger charge is -2.08. The van der Waals surface area contributed by atoms with Gasteiger partial charge in [-0.2, -0.15) is 0 Å².